The summed E-state index contributed by atoms with van der Waals surface area (Å²) in [5.74, 6) is 0.339. The van der Waals surface area contributed by atoms with Gasteiger partial charge in [-0.3, -0.25) is 20.4 Å². The molecule has 132 valence electrons. The van der Waals surface area contributed by atoms with E-state index in [9.17, 15) is 9.59 Å². The summed E-state index contributed by atoms with van der Waals surface area (Å²) >= 11 is 2.15. The molecule has 0 aliphatic heterocycles. The van der Waals surface area contributed by atoms with Crippen molar-refractivity contribution in [3.63, 3.8) is 0 Å². The molecule has 1 aromatic heterocycles. The maximum Gasteiger partial charge on any atom is 0.305 e. The molecule has 0 aliphatic rings. The molecule has 0 saturated carbocycles. The summed E-state index contributed by atoms with van der Waals surface area (Å²) in [5, 5.41) is 0. The second-order valence-electron chi connectivity index (χ2n) is 5.28. The van der Waals surface area contributed by atoms with Gasteiger partial charge in [0.1, 0.15) is 18.1 Å². The second-order valence-corrected chi connectivity index (χ2v) is 6.53. The lowest BCUT2D eigenvalue weighted by atomic mass is 10.2. The molecule has 0 radical (unpaired) electrons. The molecule has 1 heterocycles. The number of ether oxygens (including phenoxy) is 1. The number of hydrazine groups is 1. The lowest BCUT2D eigenvalue weighted by Gasteiger charge is -2.06. The Morgan fingerprint density at radius 3 is 2.31 bits per heavy atom. The first-order chi connectivity index (χ1) is 12.6. The summed E-state index contributed by atoms with van der Waals surface area (Å²) in [5.41, 5.74) is 5.12. The summed E-state index contributed by atoms with van der Waals surface area (Å²) in [6.07, 6.45) is 0. The number of hydrogen-bond donors (Lipinski definition) is 2. The van der Waals surface area contributed by atoms with Gasteiger partial charge in [0, 0.05) is 9.13 Å². The number of carbonyl (C=O) groups is 2. The quantitative estimate of drug-likeness (QED) is 0.449. The minimum atomic E-state index is -0.546. The summed E-state index contributed by atoms with van der Waals surface area (Å²) in [4.78, 5) is 24.0. The van der Waals surface area contributed by atoms with Crippen LogP contribution in [-0.4, -0.2) is 11.8 Å². The Morgan fingerprint density at radius 2 is 1.58 bits per heavy atom. The number of rotatable bonds is 5. The van der Waals surface area contributed by atoms with Crippen molar-refractivity contribution in [3.8, 4) is 5.75 Å². The van der Waals surface area contributed by atoms with Crippen molar-refractivity contribution < 1.29 is 18.7 Å². The fraction of sp³-hybridized carbons (Fsp3) is 0.0526. The normalized spacial score (nSPS) is 10.2. The molecule has 3 aromatic rings. The molecule has 6 nitrogen and oxygen atoms in total. The molecular weight excluding hydrogens is 447 g/mol. The van der Waals surface area contributed by atoms with E-state index in [1.165, 1.54) is 6.07 Å². The van der Waals surface area contributed by atoms with E-state index in [1.54, 1.807) is 18.2 Å². The zero-order chi connectivity index (χ0) is 18.4. The van der Waals surface area contributed by atoms with Crippen LogP contribution in [-0.2, 0) is 6.61 Å². The molecular formula is C19H15IN2O4. The van der Waals surface area contributed by atoms with Crippen LogP contribution < -0.4 is 15.6 Å². The topological polar surface area (TPSA) is 80.6 Å². The molecule has 7 heteroatoms. The van der Waals surface area contributed by atoms with Gasteiger partial charge in [-0.2, -0.15) is 0 Å². The highest BCUT2D eigenvalue weighted by atomic mass is 127. The van der Waals surface area contributed by atoms with Crippen LogP contribution in [0.5, 0.6) is 5.75 Å². The van der Waals surface area contributed by atoms with Gasteiger partial charge in [-0.25, -0.2) is 0 Å². The fourth-order valence-electron chi connectivity index (χ4n) is 2.10. The van der Waals surface area contributed by atoms with Crippen molar-refractivity contribution in [3.05, 3.63) is 87.4 Å². The van der Waals surface area contributed by atoms with Gasteiger partial charge in [-0.15, -0.1) is 0 Å². The van der Waals surface area contributed by atoms with Crippen molar-refractivity contribution in [2.45, 2.75) is 6.61 Å². The van der Waals surface area contributed by atoms with Crippen LogP contribution in [0.3, 0.4) is 0 Å². The zero-order valence-corrected chi connectivity index (χ0v) is 15.7. The number of amides is 2. The minimum absolute atomic E-state index is 0.0829. The van der Waals surface area contributed by atoms with Crippen molar-refractivity contribution in [2.75, 3.05) is 0 Å². The molecule has 0 bridgehead atoms. The maximum atomic E-state index is 12.1. The lowest BCUT2D eigenvalue weighted by molar-refractivity contribution is 0.0828. The minimum Gasteiger partial charge on any atom is -0.486 e. The Balaban J connectivity index is 1.51. The zero-order valence-electron chi connectivity index (χ0n) is 13.6. The van der Waals surface area contributed by atoms with Gasteiger partial charge in [-0.05, 0) is 71.1 Å². The van der Waals surface area contributed by atoms with E-state index < -0.39 is 11.8 Å². The number of furan rings is 1. The van der Waals surface area contributed by atoms with E-state index in [0.29, 0.717) is 17.1 Å². The molecule has 2 aromatic carbocycles. The van der Waals surface area contributed by atoms with Crippen LogP contribution in [0.25, 0.3) is 0 Å². The smallest absolute Gasteiger partial charge is 0.305 e. The van der Waals surface area contributed by atoms with Crippen LogP contribution in [0, 0.1) is 3.57 Å². The molecule has 26 heavy (non-hydrogen) atoms. The highest BCUT2D eigenvalue weighted by Crippen LogP contribution is 2.14. The molecule has 2 N–H and O–H groups in total. The number of halogens is 1. The third-order valence-corrected chi connectivity index (χ3v) is 4.12. The van der Waals surface area contributed by atoms with E-state index >= 15 is 0 Å². The summed E-state index contributed by atoms with van der Waals surface area (Å²) in [6, 6.07) is 19.4. The monoisotopic (exact) mass is 462 g/mol. The third-order valence-electron chi connectivity index (χ3n) is 3.41. The molecule has 2 amide bonds. The van der Waals surface area contributed by atoms with Gasteiger partial charge in [0.15, 0.2) is 5.76 Å². The van der Waals surface area contributed by atoms with Gasteiger partial charge in [0.2, 0.25) is 0 Å². The number of nitrogens with one attached hydrogen (secondary N) is 2. The predicted octanol–water partition coefficient (Wildman–Crippen LogP) is 3.54. The molecule has 0 atom stereocenters. The largest absolute Gasteiger partial charge is 0.486 e. The number of benzene rings is 2. The van der Waals surface area contributed by atoms with Crippen molar-refractivity contribution in [1.82, 2.24) is 10.9 Å². The average Bonchev–Trinajstić information content (AvgIpc) is 3.15. The number of hydrogen-bond acceptors (Lipinski definition) is 4. The van der Waals surface area contributed by atoms with Gasteiger partial charge >= 0.3 is 5.91 Å². The summed E-state index contributed by atoms with van der Waals surface area (Å²) in [7, 11) is 0. The van der Waals surface area contributed by atoms with Gasteiger partial charge in [0.25, 0.3) is 5.91 Å². The maximum absolute atomic E-state index is 12.1. The Hall–Kier alpha value is -2.81. The SMILES string of the molecule is O=C(NNC(=O)c1ccc(COc2ccccc2)o1)c1ccc(I)cc1. The fourth-order valence-corrected chi connectivity index (χ4v) is 2.46. The lowest BCUT2D eigenvalue weighted by Crippen LogP contribution is -2.41. The number of para-hydroxylation sites is 1. The molecule has 0 fully saturated rings. The standard InChI is InChI=1S/C19H15IN2O4/c20-14-8-6-13(7-9-14)18(23)21-22-19(24)17-11-10-16(26-17)12-25-15-4-2-1-3-5-15/h1-11H,12H2,(H,21,23)(H,22,24). The second kappa shape index (κ2) is 8.52. The first-order valence-electron chi connectivity index (χ1n) is 7.74. The molecule has 0 spiro atoms. The highest BCUT2D eigenvalue weighted by molar-refractivity contribution is 14.1. The Bertz CT molecular complexity index is 891. The van der Waals surface area contributed by atoms with E-state index in [0.717, 1.165) is 3.57 Å². The van der Waals surface area contributed by atoms with Crippen LogP contribution >= 0.6 is 22.6 Å². The predicted molar refractivity (Wildman–Crippen MR) is 104 cm³/mol. The van der Waals surface area contributed by atoms with Crippen LogP contribution in [0.2, 0.25) is 0 Å². The molecule has 0 saturated heterocycles. The van der Waals surface area contributed by atoms with Gasteiger partial charge in [0.05, 0.1) is 0 Å². The number of carbonyl (C=O) groups excluding carboxylic acids is 2. The first-order valence-corrected chi connectivity index (χ1v) is 8.82. The third kappa shape index (κ3) is 4.85. The van der Waals surface area contributed by atoms with Crippen molar-refractivity contribution in [1.29, 1.82) is 0 Å². The van der Waals surface area contributed by atoms with E-state index in [1.807, 2.05) is 42.5 Å². The van der Waals surface area contributed by atoms with Crippen LogP contribution in [0.4, 0.5) is 0 Å². The van der Waals surface area contributed by atoms with E-state index in [4.69, 9.17) is 9.15 Å². The molecule has 0 unspecified atom stereocenters. The Labute approximate surface area is 163 Å². The van der Waals surface area contributed by atoms with Crippen LogP contribution in [0.1, 0.15) is 26.7 Å². The van der Waals surface area contributed by atoms with Crippen molar-refractivity contribution >= 4 is 34.4 Å². The Kier molecular flexibility index (Phi) is 5.90. The van der Waals surface area contributed by atoms with Crippen molar-refractivity contribution in [2.24, 2.45) is 0 Å². The molecule has 0 aliphatic carbocycles. The van der Waals surface area contributed by atoms with E-state index in [-0.39, 0.29) is 12.4 Å². The first kappa shape index (κ1) is 18.0. The van der Waals surface area contributed by atoms with Gasteiger partial charge in [-0.1, -0.05) is 18.2 Å². The van der Waals surface area contributed by atoms with Gasteiger partial charge < -0.3 is 9.15 Å². The van der Waals surface area contributed by atoms with Crippen LogP contribution in [0.15, 0.2) is 71.1 Å². The highest BCUT2D eigenvalue weighted by Gasteiger charge is 2.13. The molecule has 3 rings (SSSR count). The summed E-state index contributed by atoms with van der Waals surface area (Å²) in [6.45, 7) is 0.201. The summed E-state index contributed by atoms with van der Waals surface area (Å²) < 4.78 is 12.0. The average molecular weight is 462 g/mol. The van der Waals surface area contributed by atoms with E-state index in [2.05, 4.69) is 33.4 Å². The Morgan fingerprint density at radius 1 is 0.885 bits per heavy atom.